The van der Waals surface area contributed by atoms with Gasteiger partial charge in [0.1, 0.15) is 16.1 Å². The van der Waals surface area contributed by atoms with Crippen molar-refractivity contribution in [2.24, 2.45) is 0 Å². The molecule has 96 valence electrons. The van der Waals surface area contributed by atoms with E-state index in [-0.39, 0.29) is 5.82 Å². The Hall–Kier alpha value is -1.19. The zero-order chi connectivity index (χ0) is 13.1. The van der Waals surface area contributed by atoms with Gasteiger partial charge in [0.05, 0.1) is 0 Å². The van der Waals surface area contributed by atoms with Gasteiger partial charge in [-0.05, 0) is 48.8 Å². The number of benzene rings is 1. The molecule has 0 saturated carbocycles. The van der Waals surface area contributed by atoms with Gasteiger partial charge in [-0.25, -0.2) is 4.39 Å². The lowest BCUT2D eigenvalue weighted by atomic mass is 10.1. The van der Waals surface area contributed by atoms with Crippen molar-refractivity contribution in [2.45, 2.75) is 13.3 Å². The van der Waals surface area contributed by atoms with Crippen LogP contribution in [0.3, 0.4) is 0 Å². The summed E-state index contributed by atoms with van der Waals surface area (Å²) < 4.78 is 13.0. The molecule has 1 heterocycles. The van der Waals surface area contributed by atoms with E-state index in [1.165, 1.54) is 12.1 Å². The lowest BCUT2D eigenvalue weighted by Crippen LogP contribution is -2.37. The van der Waals surface area contributed by atoms with E-state index < -0.39 is 0 Å². The number of allylic oxidation sites excluding steroid dienone is 2. The van der Waals surface area contributed by atoms with Crippen molar-refractivity contribution in [3.8, 4) is 0 Å². The molecule has 0 atom stereocenters. The molecule has 1 aliphatic rings. The minimum atomic E-state index is -0.212. The van der Waals surface area contributed by atoms with E-state index in [1.54, 1.807) is 23.2 Å². The van der Waals surface area contributed by atoms with Gasteiger partial charge in [0, 0.05) is 6.54 Å². The quantitative estimate of drug-likeness (QED) is 0.853. The van der Waals surface area contributed by atoms with Crippen molar-refractivity contribution < 1.29 is 4.39 Å². The predicted molar refractivity (Wildman–Crippen MR) is 72.6 cm³/mol. The van der Waals surface area contributed by atoms with Crippen molar-refractivity contribution in [1.82, 2.24) is 10.4 Å². The Labute approximate surface area is 116 Å². The summed E-state index contributed by atoms with van der Waals surface area (Å²) in [6.45, 7) is 2.55. The van der Waals surface area contributed by atoms with Gasteiger partial charge < -0.3 is 0 Å². The molecule has 0 amide bonds. The third-order valence-corrected chi connectivity index (χ3v) is 3.32. The second kappa shape index (κ2) is 5.63. The van der Waals surface area contributed by atoms with Crippen molar-refractivity contribution in [1.29, 1.82) is 0 Å². The molecule has 5 heteroatoms. The molecule has 0 aliphatic carbocycles. The molecular weight excluding hydrogens is 274 g/mol. The molecular formula is C13H13Cl2FN2. The smallest absolute Gasteiger partial charge is 0.123 e. The van der Waals surface area contributed by atoms with Crippen molar-refractivity contribution >= 4 is 23.2 Å². The Kier molecular flexibility index (Phi) is 4.15. The van der Waals surface area contributed by atoms with E-state index in [1.807, 2.05) is 6.92 Å². The van der Waals surface area contributed by atoms with E-state index in [0.717, 1.165) is 17.5 Å². The molecule has 0 fully saturated rings. The highest BCUT2D eigenvalue weighted by atomic mass is 35.5. The van der Waals surface area contributed by atoms with E-state index >= 15 is 0 Å². The molecule has 0 unspecified atom stereocenters. The molecule has 1 aromatic carbocycles. The molecule has 18 heavy (non-hydrogen) atoms. The highest BCUT2D eigenvalue weighted by Gasteiger charge is 2.12. The molecule has 0 aromatic heterocycles. The molecule has 1 aliphatic heterocycles. The van der Waals surface area contributed by atoms with Crippen molar-refractivity contribution in [3.05, 3.63) is 57.6 Å². The number of hydrogen-bond acceptors (Lipinski definition) is 2. The maximum Gasteiger partial charge on any atom is 0.123 e. The van der Waals surface area contributed by atoms with Crippen molar-refractivity contribution in [3.63, 3.8) is 0 Å². The van der Waals surface area contributed by atoms with Gasteiger partial charge in [-0.3, -0.25) is 10.4 Å². The fraction of sp³-hybridized carbons (Fsp3) is 0.231. The van der Waals surface area contributed by atoms with Crippen LogP contribution in [0.4, 0.5) is 4.39 Å². The van der Waals surface area contributed by atoms with Gasteiger partial charge in [-0.2, -0.15) is 0 Å². The van der Waals surface area contributed by atoms with Crippen LogP contribution in [0.15, 0.2) is 40.7 Å². The summed E-state index contributed by atoms with van der Waals surface area (Å²) in [4.78, 5) is 0. The van der Waals surface area contributed by atoms with Crippen molar-refractivity contribution in [2.75, 3.05) is 6.54 Å². The van der Waals surface area contributed by atoms with Crippen LogP contribution in [0.25, 0.3) is 0 Å². The van der Waals surface area contributed by atoms with E-state index in [9.17, 15) is 4.39 Å². The summed E-state index contributed by atoms with van der Waals surface area (Å²) in [7, 11) is 0. The van der Waals surface area contributed by atoms with Crippen LogP contribution in [0.2, 0.25) is 0 Å². The van der Waals surface area contributed by atoms with Gasteiger partial charge >= 0.3 is 0 Å². The molecule has 1 N–H and O–H groups in total. The van der Waals surface area contributed by atoms with Crippen LogP contribution < -0.4 is 5.43 Å². The zero-order valence-electron chi connectivity index (χ0n) is 9.88. The van der Waals surface area contributed by atoms with Crippen LogP contribution in [-0.4, -0.2) is 11.6 Å². The first-order valence-electron chi connectivity index (χ1n) is 5.58. The Bertz CT molecular complexity index is 512. The third-order valence-electron chi connectivity index (χ3n) is 2.78. The summed E-state index contributed by atoms with van der Waals surface area (Å²) in [6, 6.07) is 4.79. The fourth-order valence-corrected chi connectivity index (χ4v) is 2.14. The summed E-state index contributed by atoms with van der Waals surface area (Å²) in [6.07, 6.45) is 4.19. The average molecular weight is 287 g/mol. The van der Waals surface area contributed by atoms with Gasteiger partial charge in [0.15, 0.2) is 0 Å². The SMILES string of the molecule is Cc1cc(F)ccc1CCN1NC(Cl)=CC=C1Cl. The number of hydrogen-bond donors (Lipinski definition) is 1. The molecule has 2 rings (SSSR count). The van der Waals surface area contributed by atoms with E-state index in [0.29, 0.717) is 16.9 Å². The monoisotopic (exact) mass is 286 g/mol. The predicted octanol–water partition coefficient (Wildman–Crippen LogP) is 3.66. The molecule has 0 bridgehead atoms. The zero-order valence-corrected chi connectivity index (χ0v) is 11.4. The lowest BCUT2D eigenvalue weighted by Gasteiger charge is -2.27. The standard InChI is InChI=1S/C13H13Cl2FN2/c1-9-8-11(16)3-2-10(9)6-7-18-13(15)5-4-12(14)17-18/h2-5,8,17H,6-7H2,1H3. The van der Waals surface area contributed by atoms with Crippen LogP contribution in [-0.2, 0) is 6.42 Å². The summed E-state index contributed by atoms with van der Waals surface area (Å²) >= 11 is 11.9. The molecule has 2 nitrogen and oxygen atoms in total. The van der Waals surface area contributed by atoms with Crippen LogP contribution in [0, 0.1) is 12.7 Å². The van der Waals surface area contributed by atoms with Crippen LogP contribution in [0.5, 0.6) is 0 Å². The number of aryl methyl sites for hydroxylation is 1. The number of nitrogens with zero attached hydrogens (tertiary/aromatic N) is 1. The van der Waals surface area contributed by atoms with E-state index in [4.69, 9.17) is 23.2 Å². The largest absolute Gasteiger partial charge is 0.287 e. The molecule has 0 spiro atoms. The molecule has 0 radical (unpaired) electrons. The second-order valence-corrected chi connectivity index (χ2v) is 4.88. The number of halogens is 3. The maximum atomic E-state index is 13.0. The Morgan fingerprint density at radius 1 is 1.28 bits per heavy atom. The van der Waals surface area contributed by atoms with E-state index in [2.05, 4.69) is 5.43 Å². The molecule has 0 saturated heterocycles. The summed E-state index contributed by atoms with van der Waals surface area (Å²) in [5, 5.41) is 2.86. The Morgan fingerprint density at radius 2 is 2.06 bits per heavy atom. The minimum absolute atomic E-state index is 0.212. The first-order valence-corrected chi connectivity index (χ1v) is 6.34. The number of nitrogens with one attached hydrogen (secondary N) is 1. The van der Waals surface area contributed by atoms with Crippen LogP contribution in [0.1, 0.15) is 11.1 Å². The Balaban J connectivity index is 2.00. The summed E-state index contributed by atoms with van der Waals surface area (Å²) in [5.74, 6) is -0.212. The minimum Gasteiger partial charge on any atom is -0.287 e. The average Bonchev–Trinajstić information content (AvgIpc) is 2.32. The Morgan fingerprint density at radius 3 is 2.78 bits per heavy atom. The maximum absolute atomic E-state index is 13.0. The normalized spacial score (nSPS) is 15.0. The topological polar surface area (TPSA) is 15.3 Å². The first kappa shape index (κ1) is 13.2. The van der Waals surface area contributed by atoms with Crippen LogP contribution >= 0.6 is 23.2 Å². The number of rotatable bonds is 3. The van der Waals surface area contributed by atoms with Gasteiger partial charge in [-0.15, -0.1) is 0 Å². The van der Waals surface area contributed by atoms with Gasteiger partial charge in [0.25, 0.3) is 0 Å². The first-order chi connectivity index (χ1) is 8.56. The highest BCUT2D eigenvalue weighted by molar-refractivity contribution is 6.31. The fourth-order valence-electron chi connectivity index (χ4n) is 1.79. The number of hydrazine groups is 1. The molecule has 1 aromatic rings. The van der Waals surface area contributed by atoms with Gasteiger partial charge in [-0.1, -0.05) is 29.3 Å². The second-order valence-electron chi connectivity index (χ2n) is 4.09. The lowest BCUT2D eigenvalue weighted by molar-refractivity contribution is 0.300. The summed E-state index contributed by atoms with van der Waals surface area (Å²) in [5.41, 5.74) is 4.98. The van der Waals surface area contributed by atoms with Gasteiger partial charge in [0.2, 0.25) is 0 Å². The third kappa shape index (κ3) is 3.18. The highest BCUT2D eigenvalue weighted by Crippen LogP contribution is 2.17.